The molecule has 1 aromatic carbocycles. The second kappa shape index (κ2) is 5.76. The van der Waals surface area contributed by atoms with Gasteiger partial charge in [-0.3, -0.25) is 0 Å². The predicted molar refractivity (Wildman–Crippen MR) is 74.4 cm³/mol. The number of rotatable bonds is 4. The summed E-state index contributed by atoms with van der Waals surface area (Å²) in [4.78, 5) is 1.11. The van der Waals surface area contributed by atoms with Crippen molar-refractivity contribution in [2.45, 2.75) is 6.54 Å². The molecule has 3 nitrogen and oxygen atoms in total. The number of nitriles is 1. The number of hydrogen-bond acceptors (Lipinski definition) is 4. The zero-order chi connectivity index (χ0) is 13.0. The van der Waals surface area contributed by atoms with Gasteiger partial charge < -0.3 is 10.1 Å². The molecule has 0 bridgehead atoms. The number of anilines is 1. The number of benzene rings is 1. The van der Waals surface area contributed by atoms with E-state index in [0.717, 1.165) is 10.6 Å². The highest BCUT2D eigenvalue weighted by atomic mass is 35.5. The lowest BCUT2D eigenvalue weighted by Crippen LogP contribution is -1.97. The molecule has 1 aromatic heterocycles. The molecule has 0 atom stereocenters. The minimum atomic E-state index is 0.589. The molecule has 1 N–H and O–H groups in total. The molecule has 5 heteroatoms. The first kappa shape index (κ1) is 12.7. The Bertz CT molecular complexity index is 589. The van der Waals surface area contributed by atoms with Gasteiger partial charge in [-0.15, -0.1) is 11.3 Å². The number of nitrogens with one attached hydrogen (secondary N) is 1. The number of thiophene rings is 1. The topological polar surface area (TPSA) is 45.0 Å². The van der Waals surface area contributed by atoms with Crippen molar-refractivity contribution in [1.82, 2.24) is 0 Å². The largest absolute Gasteiger partial charge is 0.495 e. The Balaban J connectivity index is 2.04. The SMILES string of the molecule is COc1cc(NCc2cc(C#N)cs2)ccc1Cl. The summed E-state index contributed by atoms with van der Waals surface area (Å²) < 4.78 is 5.15. The molecule has 0 radical (unpaired) electrons. The number of methoxy groups -OCH3 is 1. The van der Waals surface area contributed by atoms with E-state index in [1.165, 1.54) is 0 Å². The highest BCUT2D eigenvalue weighted by Gasteiger charge is 2.03. The predicted octanol–water partition coefficient (Wildman–Crippen LogP) is 3.89. The summed E-state index contributed by atoms with van der Waals surface area (Å²) >= 11 is 7.51. The fourth-order valence-corrected chi connectivity index (χ4v) is 2.44. The minimum absolute atomic E-state index is 0.589. The smallest absolute Gasteiger partial charge is 0.139 e. The Morgan fingerprint density at radius 1 is 1.44 bits per heavy atom. The van der Waals surface area contributed by atoms with Crippen molar-refractivity contribution in [2.24, 2.45) is 0 Å². The highest BCUT2D eigenvalue weighted by Crippen LogP contribution is 2.27. The first-order chi connectivity index (χ1) is 8.72. The normalized spacial score (nSPS) is 9.83. The molecule has 0 saturated heterocycles. The molecule has 0 aliphatic heterocycles. The maximum absolute atomic E-state index is 8.74. The Hall–Kier alpha value is -1.70. The van der Waals surface area contributed by atoms with E-state index in [4.69, 9.17) is 21.6 Å². The van der Waals surface area contributed by atoms with Gasteiger partial charge in [0.25, 0.3) is 0 Å². The van der Waals surface area contributed by atoms with Crippen LogP contribution < -0.4 is 10.1 Å². The van der Waals surface area contributed by atoms with Gasteiger partial charge in [-0.2, -0.15) is 5.26 Å². The fourth-order valence-electron chi connectivity index (χ4n) is 1.49. The molecule has 2 rings (SSSR count). The third-order valence-electron chi connectivity index (χ3n) is 2.40. The van der Waals surface area contributed by atoms with Crippen molar-refractivity contribution in [3.8, 4) is 11.8 Å². The van der Waals surface area contributed by atoms with Gasteiger partial charge in [-0.25, -0.2) is 0 Å². The van der Waals surface area contributed by atoms with Gasteiger partial charge in [0.1, 0.15) is 11.8 Å². The highest BCUT2D eigenvalue weighted by molar-refractivity contribution is 7.10. The van der Waals surface area contributed by atoms with Crippen LogP contribution in [0.2, 0.25) is 5.02 Å². The van der Waals surface area contributed by atoms with Crippen molar-refractivity contribution >= 4 is 28.6 Å². The quantitative estimate of drug-likeness (QED) is 0.923. The summed E-state index contributed by atoms with van der Waals surface area (Å²) in [5.74, 6) is 0.644. The van der Waals surface area contributed by atoms with Crippen molar-refractivity contribution in [2.75, 3.05) is 12.4 Å². The van der Waals surface area contributed by atoms with Crippen LogP contribution in [0.25, 0.3) is 0 Å². The second-order valence-electron chi connectivity index (χ2n) is 3.62. The van der Waals surface area contributed by atoms with E-state index in [9.17, 15) is 0 Å². The Kier molecular flexibility index (Phi) is 4.08. The molecule has 18 heavy (non-hydrogen) atoms. The van der Waals surface area contributed by atoms with Crippen LogP contribution in [0.3, 0.4) is 0 Å². The lowest BCUT2D eigenvalue weighted by Gasteiger charge is -2.08. The Morgan fingerprint density at radius 3 is 2.94 bits per heavy atom. The van der Waals surface area contributed by atoms with Gasteiger partial charge in [-0.05, 0) is 18.2 Å². The maximum atomic E-state index is 8.74. The van der Waals surface area contributed by atoms with E-state index < -0.39 is 0 Å². The molecule has 0 fully saturated rings. The number of hydrogen-bond donors (Lipinski definition) is 1. The van der Waals surface area contributed by atoms with Crippen molar-refractivity contribution in [3.05, 3.63) is 45.1 Å². The summed E-state index contributed by atoms with van der Waals surface area (Å²) in [6.45, 7) is 0.678. The van der Waals surface area contributed by atoms with Crippen LogP contribution in [0.1, 0.15) is 10.4 Å². The van der Waals surface area contributed by atoms with Crippen LogP contribution in [-0.2, 0) is 6.54 Å². The summed E-state index contributed by atoms with van der Waals surface area (Å²) in [6.07, 6.45) is 0. The van der Waals surface area contributed by atoms with E-state index in [2.05, 4.69) is 11.4 Å². The standard InChI is InChI=1S/C13H11ClN2OS/c1-17-13-5-10(2-3-12(13)14)16-7-11-4-9(6-15)8-18-11/h2-5,8,16H,7H2,1H3. The number of halogens is 1. The van der Waals surface area contributed by atoms with Crippen LogP contribution in [-0.4, -0.2) is 7.11 Å². The molecular weight excluding hydrogens is 268 g/mol. The van der Waals surface area contributed by atoms with Gasteiger partial charge in [0.15, 0.2) is 0 Å². The molecular formula is C13H11ClN2OS. The van der Waals surface area contributed by atoms with E-state index in [-0.39, 0.29) is 0 Å². The molecule has 92 valence electrons. The Morgan fingerprint density at radius 2 is 2.28 bits per heavy atom. The molecule has 0 spiro atoms. The molecule has 2 aromatic rings. The second-order valence-corrected chi connectivity index (χ2v) is 5.02. The van der Waals surface area contributed by atoms with Gasteiger partial charge in [-0.1, -0.05) is 11.6 Å². The molecule has 0 aliphatic carbocycles. The first-order valence-corrected chi connectivity index (χ1v) is 6.53. The summed E-state index contributed by atoms with van der Waals surface area (Å²) in [5.41, 5.74) is 1.63. The maximum Gasteiger partial charge on any atom is 0.139 e. The minimum Gasteiger partial charge on any atom is -0.495 e. The zero-order valence-electron chi connectivity index (χ0n) is 9.74. The fraction of sp³-hybridized carbons (Fsp3) is 0.154. The van der Waals surface area contributed by atoms with Crippen LogP contribution in [0.5, 0.6) is 5.75 Å². The van der Waals surface area contributed by atoms with Crippen LogP contribution >= 0.6 is 22.9 Å². The molecule has 0 amide bonds. The van der Waals surface area contributed by atoms with Gasteiger partial charge >= 0.3 is 0 Å². The van der Waals surface area contributed by atoms with Crippen LogP contribution in [0.4, 0.5) is 5.69 Å². The molecule has 1 heterocycles. The average Bonchev–Trinajstić information content (AvgIpc) is 2.86. The van der Waals surface area contributed by atoms with Gasteiger partial charge in [0.05, 0.1) is 17.7 Å². The van der Waals surface area contributed by atoms with E-state index in [0.29, 0.717) is 22.9 Å². The summed E-state index contributed by atoms with van der Waals surface area (Å²) in [6, 6.07) is 9.53. The van der Waals surface area contributed by atoms with Gasteiger partial charge in [0, 0.05) is 28.6 Å². The van der Waals surface area contributed by atoms with Gasteiger partial charge in [0.2, 0.25) is 0 Å². The third-order valence-corrected chi connectivity index (χ3v) is 3.65. The van der Waals surface area contributed by atoms with Crippen LogP contribution in [0, 0.1) is 11.3 Å². The van der Waals surface area contributed by atoms with E-state index in [1.807, 2.05) is 23.6 Å². The average molecular weight is 279 g/mol. The number of ether oxygens (including phenoxy) is 1. The Labute approximate surface area is 115 Å². The van der Waals surface area contributed by atoms with Crippen molar-refractivity contribution < 1.29 is 4.74 Å². The summed E-state index contributed by atoms with van der Waals surface area (Å²) in [7, 11) is 1.59. The van der Waals surface area contributed by atoms with E-state index in [1.54, 1.807) is 24.5 Å². The zero-order valence-corrected chi connectivity index (χ0v) is 11.3. The monoisotopic (exact) mass is 278 g/mol. The summed E-state index contributed by atoms with van der Waals surface area (Å²) in [5, 5.41) is 14.4. The van der Waals surface area contributed by atoms with Crippen molar-refractivity contribution in [3.63, 3.8) is 0 Å². The molecule has 0 saturated carbocycles. The van der Waals surface area contributed by atoms with Crippen molar-refractivity contribution in [1.29, 1.82) is 5.26 Å². The molecule has 0 unspecified atom stereocenters. The first-order valence-electron chi connectivity index (χ1n) is 5.28. The number of nitrogens with zero attached hydrogens (tertiary/aromatic N) is 1. The van der Waals surface area contributed by atoms with Crippen LogP contribution in [0.15, 0.2) is 29.6 Å². The van der Waals surface area contributed by atoms with E-state index >= 15 is 0 Å². The lowest BCUT2D eigenvalue weighted by atomic mass is 10.3. The third kappa shape index (κ3) is 2.95. The lowest BCUT2D eigenvalue weighted by molar-refractivity contribution is 0.415. The molecule has 0 aliphatic rings.